The predicted molar refractivity (Wildman–Crippen MR) is 52.9 cm³/mol. The molecule has 6 aliphatic carbocycles. The molecule has 0 saturated heterocycles. The summed E-state index contributed by atoms with van der Waals surface area (Å²) in [6.07, 6.45) is 0. The van der Waals surface area contributed by atoms with Crippen molar-refractivity contribution in [1.29, 1.82) is 0 Å². The lowest BCUT2D eigenvalue weighted by molar-refractivity contribution is 0.320. The van der Waals surface area contributed by atoms with Crippen LogP contribution in [0.15, 0.2) is 24.3 Å². The zero-order chi connectivity index (χ0) is 8.60. The van der Waals surface area contributed by atoms with Crippen molar-refractivity contribution in [3.63, 3.8) is 0 Å². The number of benzene rings is 1. The van der Waals surface area contributed by atoms with Crippen LogP contribution in [-0.2, 0) is 0 Å². The second kappa shape index (κ2) is 1.39. The molecule has 0 heterocycles. The Morgan fingerprint density at radius 2 is 1.00 bits per heavy atom. The average molecular weight is 180 g/mol. The lowest BCUT2D eigenvalue weighted by atomic mass is 9.67. The molecule has 14 heavy (non-hydrogen) atoms. The summed E-state index contributed by atoms with van der Waals surface area (Å²) < 4.78 is 0. The zero-order valence-corrected chi connectivity index (χ0v) is 7.93. The van der Waals surface area contributed by atoms with Gasteiger partial charge in [-0.3, -0.25) is 0 Å². The molecule has 1 aromatic rings. The minimum absolute atomic E-state index is 1.03. The Hall–Kier alpha value is -0.780. The molecule has 1 aromatic carbocycles. The van der Waals surface area contributed by atoms with E-state index in [1.54, 1.807) is 11.1 Å². The van der Waals surface area contributed by atoms with Crippen molar-refractivity contribution in [1.82, 2.24) is 0 Å². The summed E-state index contributed by atoms with van der Waals surface area (Å²) in [6.45, 7) is 0. The van der Waals surface area contributed by atoms with Gasteiger partial charge in [0.15, 0.2) is 0 Å². The van der Waals surface area contributed by atoms with E-state index in [0.29, 0.717) is 0 Å². The molecule has 2 bridgehead atoms. The first-order chi connectivity index (χ1) is 6.98. The molecule has 0 aromatic heterocycles. The molecule has 0 spiro atoms. The van der Waals surface area contributed by atoms with Gasteiger partial charge in [0.1, 0.15) is 0 Å². The van der Waals surface area contributed by atoms with E-state index in [1.165, 1.54) is 11.8 Å². The molecule has 0 amide bonds. The summed E-state index contributed by atoms with van der Waals surface area (Å²) in [7, 11) is 0. The molecule has 4 saturated carbocycles. The van der Waals surface area contributed by atoms with E-state index in [9.17, 15) is 0 Å². The maximum Gasteiger partial charge on any atom is -0.00908 e. The van der Waals surface area contributed by atoms with Crippen LogP contribution in [0.5, 0.6) is 0 Å². The van der Waals surface area contributed by atoms with Gasteiger partial charge in [0.25, 0.3) is 0 Å². The van der Waals surface area contributed by atoms with Crippen molar-refractivity contribution < 1.29 is 0 Å². The lowest BCUT2D eigenvalue weighted by Gasteiger charge is -2.37. The Morgan fingerprint density at radius 3 is 1.43 bits per heavy atom. The van der Waals surface area contributed by atoms with Crippen molar-refractivity contribution in [3.8, 4) is 0 Å². The molecule has 0 N–H and O–H groups in total. The van der Waals surface area contributed by atoms with Crippen LogP contribution in [0.1, 0.15) is 23.0 Å². The first kappa shape index (κ1) is 5.95. The Labute approximate surface area is 83.3 Å². The Bertz CT molecular complexity index is 424. The molecule has 6 atom stereocenters. The maximum absolute atomic E-state index is 2.43. The molecule has 7 rings (SSSR count). The van der Waals surface area contributed by atoms with Crippen LogP contribution >= 0.6 is 0 Å². The standard InChI is InChI=1S/C14H12/c1-2-4-6-5(3-1)7-9-11-8(6)12-10(7)14(12)13(9)11/h1-4,7-14H/t7?,8?,9-,10+,11-,12+,13?,14?. The van der Waals surface area contributed by atoms with Gasteiger partial charge in [-0.2, -0.15) is 0 Å². The first-order valence-corrected chi connectivity index (χ1v) is 6.07. The van der Waals surface area contributed by atoms with Gasteiger partial charge in [-0.05, 0) is 58.5 Å². The van der Waals surface area contributed by atoms with E-state index in [0.717, 1.165) is 35.5 Å². The monoisotopic (exact) mass is 180 g/mol. The van der Waals surface area contributed by atoms with Gasteiger partial charge >= 0.3 is 0 Å². The van der Waals surface area contributed by atoms with Gasteiger partial charge in [-0.15, -0.1) is 0 Å². The van der Waals surface area contributed by atoms with Crippen molar-refractivity contribution in [2.45, 2.75) is 11.8 Å². The van der Waals surface area contributed by atoms with Crippen molar-refractivity contribution >= 4 is 0 Å². The van der Waals surface area contributed by atoms with Gasteiger partial charge in [-0.1, -0.05) is 24.3 Å². The van der Waals surface area contributed by atoms with Crippen LogP contribution in [0.3, 0.4) is 0 Å². The van der Waals surface area contributed by atoms with Crippen molar-refractivity contribution in [2.75, 3.05) is 0 Å². The van der Waals surface area contributed by atoms with E-state index in [2.05, 4.69) is 24.3 Å². The summed E-state index contributed by atoms with van der Waals surface area (Å²) >= 11 is 0. The highest BCUT2D eigenvalue weighted by molar-refractivity contribution is 5.55. The minimum atomic E-state index is 1.03. The summed E-state index contributed by atoms with van der Waals surface area (Å²) in [4.78, 5) is 0. The molecule has 0 heteroatoms. The fourth-order valence-electron chi connectivity index (χ4n) is 6.17. The number of hydrogen-bond acceptors (Lipinski definition) is 0. The van der Waals surface area contributed by atoms with Gasteiger partial charge in [0.2, 0.25) is 0 Å². The van der Waals surface area contributed by atoms with E-state index in [-0.39, 0.29) is 0 Å². The normalized spacial score (nSPS) is 66.6. The van der Waals surface area contributed by atoms with Crippen molar-refractivity contribution in [3.05, 3.63) is 35.4 Å². The number of hydrogen-bond donors (Lipinski definition) is 0. The molecular weight excluding hydrogens is 168 g/mol. The first-order valence-electron chi connectivity index (χ1n) is 6.07. The fourth-order valence-corrected chi connectivity index (χ4v) is 6.17. The van der Waals surface area contributed by atoms with E-state index in [1.807, 2.05) is 0 Å². The topological polar surface area (TPSA) is 0 Å². The molecule has 2 unspecified atom stereocenters. The lowest BCUT2D eigenvalue weighted by Crippen LogP contribution is -2.26. The van der Waals surface area contributed by atoms with Crippen LogP contribution in [-0.4, -0.2) is 0 Å². The van der Waals surface area contributed by atoms with E-state index < -0.39 is 0 Å². The summed E-state index contributed by atoms with van der Waals surface area (Å²) in [5.74, 6) is 9.11. The highest BCUT2D eigenvalue weighted by Crippen LogP contribution is 2.94. The highest BCUT2D eigenvalue weighted by atomic mass is 14.9. The molecular formula is C14H12. The van der Waals surface area contributed by atoms with Crippen LogP contribution in [0, 0.1) is 35.5 Å². The Kier molecular flexibility index (Phi) is 0.592. The van der Waals surface area contributed by atoms with Gasteiger partial charge in [0.05, 0.1) is 0 Å². The van der Waals surface area contributed by atoms with Gasteiger partial charge in [0, 0.05) is 0 Å². The molecule has 6 aliphatic rings. The van der Waals surface area contributed by atoms with Crippen molar-refractivity contribution in [2.24, 2.45) is 35.5 Å². The SMILES string of the molecule is c1ccc2c(c1)C1[C@@H]3C4C5[C@H]1[C@H]5C2[C@H]43. The van der Waals surface area contributed by atoms with Crippen LogP contribution < -0.4 is 0 Å². The second-order valence-electron chi connectivity index (χ2n) is 6.14. The second-order valence-corrected chi connectivity index (χ2v) is 6.14. The summed E-state index contributed by atoms with van der Waals surface area (Å²) in [5.41, 5.74) is 3.53. The molecule has 0 radical (unpaired) electrons. The molecule has 68 valence electrons. The predicted octanol–water partition coefficient (Wildman–Crippen LogP) is 2.62. The van der Waals surface area contributed by atoms with Gasteiger partial charge in [-0.25, -0.2) is 0 Å². The third kappa shape index (κ3) is 0.346. The maximum atomic E-state index is 2.43. The summed E-state index contributed by atoms with van der Waals surface area (Å²) in [6, 6.07) is 9.36. The highest BCUT2D eigenvalue weighted by Gasteiger charge is 2.88. The third-order valence-electron chi connectivity index (χ3n) is 6.20. The quantitative estimate of drug-likeness (QED) is 0.575. The zero-order valence-electron chi connectivity index (χ0n) is 7.93. The van der Waals surface area contributed by atoms with Crippen LogP contribution in [0.25, 0.3) is 0 Å². The third-order valence-corrected chi connectivity index (χ3v) is 6.20. The van der Waals surface area contributed by atoms with Crippen LogP contribution in [0.4, 0.5) is 0 Å². The smallest absolute Gasteiger partial charge is 0.00908 e. The largest absolute Gasteiger partial charge is 0.0620 e. The molecule has 0 aliphatic heterocycles. The van der Waals surface area contributed by atoms with E-state index >= 15 is 0 Å². The average Bonchev–Trinajstić information content (AvgIpc) is 3.06. The summed E-state index contributed by atoms with van der Waals surface area (Å²) in [5, 5.41) is 0. The molecule has 4 fully saturated rings. The van der Waals surface area contributed by atoms with Gasteiger partial charge < -0.3 is 0 Å². The Balaban J connectivity index is 1.80. The number of rotatable bonds is 0. The van der Waals surface area contributed by atoms with E-state index in [4.69, 9.17) is 0 Å². The molecule has 0 nitrogen and oxygen atoms in total. The fraction of sp³-hybridized carbons (Fsp3) is 0.571. The minimum Gasteiger partial charge on any atom is -0.0620 e. The van der Waals surface area contributed by atoms with Crippen LogP contribution in [0.2, 0.25) is 0 Å². The Morgan fingerprint density at radius 1 is 0.571 bits per heavy atom.